The van der Waals surface area contributed by atoms with Crippen LogP contribution in [0.4, 0.5) is 11.4 Å². The van der Waals surface area contributed by atoms with Gasteiger partial charge in [0.05, 0.1) is 26.2 Å². The molecule has 42 heavy (non-hydrogen) atoms. The fourth-order valence-corrected chi connectivity index (χ4v) is 7.06. The molecule has 7 nitrogen and oxygen atoms in total. The van der Waals surface area contributed by atoms with Gasteiger partial charge in [-0.2, -0.15) is 0 Å². The largest absolute Gasteiger partial charge is 0.493 e. The van der Waals surface area contributed by atoms with Gasteiger partial charge in [0.15, 0.2) is 23.1 Å². The number of carbonyl (C=O) groups excluding carboxylic acids is 3. The van der Waals surface area contributed by atoms with Crippen molar-refractivity contribution >= 4 is 34.9 Å². The van der Waals surface area contributed by atoms with Crippen LogP contribution in [0.1, 0.15) is 31.8 Å². The van der Waals surface area contributed by atoms with Gasteiger partial charge in [0.25, 0.3) is 0 Å². The molecular weight excluding hydrogens is 528 g/mol. The molecule has 3 aliphatic rings. The Hall–Kier alpha value is -5.17. The van der Waals surface area contributed by atoms with Crippen LogP contribution in [-0.4, -0.2) is 43.8 Å². The van der Waals surface area contributed by atoms with Crippen LogP contribution in [0.15, 0.2) is 103 Å². The lowest BCUT2D eigenvalue weighted by Gasteiger charge is -2.37. The third kappa shape index (κ3) is 3.49. The van der Waals surface area contributed by atoms with Crippen LogP contribution in [0.2, 0.25) is 0 Å². The van der Waals surface area contributed by atoms with Crippen LogP contribution in [0.3, 0.4) is 0 Å². The first-order valence-corrected chi connectivity index (χ1v) is 13.8. The summed E-state index contributed by atoms with van der Waals surface area (Å²) in [6, 6.07) is 27.6. The minimum Gasteiger partial charge on any atom is -0.493 e. The molecular formula is C35H28N2O5. The van der Waals surface area contributed by atoms with Gasteiger partial charge in [0.2, 0.25) is 5.91 Å². The highest BCUT2D eigenvalue weighted by molar-refractivity contribution is 6.18. The van der Waals surface area contributed by atoms with E-state index >= 15 is 0 Å². The number of hydrogen-bond donors (Lipinski definition) is 1. The minimum atomic E-state index is -1.38. The number of rotatable bonds is 6. The van der Waals surface area contributed by atoms with Crippen molar-refractivity contribution in [3.63, 3.8) is 0 Å². The van der Waals surface area contributed by atoms with Crippen molar-refractivity contribution < 1.29 is 23.9 Å². The zero-order valence-corrected chi connectivity index (χ0v) is 23.1. The molecule has 1 saturated heterocycles. The number of Topliss-reactive ketones (excluding diaryl/α,β-unsaturated/α-hetero) is 2. The predicted octanol–water partition coefficient (Wildman–Crippen LogP) is 5.56. The summed E-state index contributed by atoms with van der Waals surface area (Å²) in [5.41, 5.74) is 2.50. The van der Waals surface area contributed by atoms with E-state index in [9.17, 15) is 14.4 Å². The zero-order chi connectivity index (χ0) is 29.0. The normalized spacial score (nSPS) is 23.1. The highest BCUT2D eigenvalue weighted by Gasteiger charge is 2.70. The average Bonchev–Trinajstić information content (AvgIpc) is 3.52. The number of amides is 1. The van der Waals surface area contributed by atoms with Gasteiger partial charge in [-0.3, -0.25) is 14.4 Å². The summed E-state index contributed by atoms with van der Waals surface area (Å²) < 4.78 is 10.9. The topological polar surface area (TPSA) is 84.9 Å². The summed E-state index contributed by atoms with van der Waals surface area (Å²) in [5.74, 6) is -1.04. The SMILES string of the molecule is COc1ccc(C(=O)[C@@H]2[C@H](C(=O)c3ccccc3)N3c4ccccc4C=C[C@H]3[C@]23C(=O)Nc2ccccc23)cc1OC. The molecule has 3 aliphatic heterocycles. The zero-order valence-electron chi connectivity index (χ0n) is 23.1. The molecule has 4 atom stereocenters. The Kier molecular flexibility index (Phi) is 5.97. The van der Waals surface area contributed by atoms with E-state index in [0.29, 0.717) is 33.9 Å². The van der Waals surface area contributed by atoms with E-state index in [4.69, 9.17) is 9.47 Å². The van der Waals surface area contributed by atoms with E-state index in [0.717, 1.165) is 11.3 Å². The highest BCUT2D eigenvalue weighted by Crippen LogP contribution is 2.58. The van der Waals surface area contributed by atoms with Crippen molar-refractivity contribution in [3.05, 3.63) is 125 Å². The molecule has 0 aliphatic carbocycles. The molecule has 7 rings (SSSR count). The molecule has 3 heterocycles. The first kappa shape index (κ1) is 25.8. The van der Waals surface area contributed by atoms with Gasteiger partial charge < -0.3 is 19.7 Å². The van der Waals surface area contributed by atoms with E-state index in [1.54, 1.807) is 30.3 Å². The molecule has 0 saturated carbocycles. The lowest BCUT2D eigenvalue weighted by atomic mass is 9.64. The van der Waals surface area contributed by atoms with Gasteiger partial charge in [0, 0.05) is 22.5 Å². The molecule has 7 heteroatoms. The van der Waals surface area contributed by atoms with Crippen molar-refractivity contribution in [2.45, 2.75) is 17.5 Å². The molecule has 1 amide bonds. The van der Waals surface area contributed by atoms with Crippen LogP contribution in [0.5, 0.6) is 11.5 Å². The highest BCUT2D eigenvalue weighted by atomic mass is 16.5. The van der Waals surface area contributed by atoms with Gasteiger partial charge in [-0.1, -0.05) is 78.9 Å². The number of para-hydroxylation sites is 2. The van der Waals surface area contributed by atoms with E-state index in [2.05, 4.69) is 5.32 Å². The fraction of sp³-hybridized carbons (Fsp3) is 0.171. The number of nitrogens with one attached hydrogen (secondary N) is 1. The molecule has 1 fully saturated rings. The first-order valence-electron chi connectivity index (χ1n) is 13.8. The number of carbonyl (C=O) groups is 3. The second-order valence-electron chi connectivity index (χ2n) is 10.7. The number of benzene rings is 4. The summed E-state index contributed by atoms with van der Waals surface area (Å²) in [5, 5.41) is 3.06. The predicted molar refractivity (Wildman–Crippen MR) is 160 cm³/mol. The Balaban J connectivity index is 1.53. The Morgan fingerprint density at radius 1 is 0.786 bits per heavy atom. The molecule has 0 unspecified atom stereocenters. The summed E-state index contributed by atoms with van der Waals surface area (Å²) in [4.78, 5) is 46.0. The standard InChI is InChI=1S/C35H28N2O5/c1-41-27-18-16-23(20-28(27)42-2)32(38)30-31(33(39)22-11-4-3-5-12-22)37-26-15-9-6-10-21(26)17-19-29(37)35(30)24-13-7-8-14-25(24)36-34(35)40/h3-20,29-31H,1-2H3,(H,36,40)/t29-,30-,31+,35-/m0/s1. The quantitative estimate of drug-likeness (QED) is 0.313. The van der Waals surface area contributed by atoms with Gasteiger partial charge in [0.1, 0.15) is 11.5 Å². The second kappa shape index (κ2) is 9.73. The van der Waals surface area contributed by atoms with Gasteiger partial charge in [-0.25, -0.2) is 0 Å². The van der Waals surface area contributed by atoms with Crippen molar-refractivity contribution in [2.75, 3.05) is 24.4 Å². The maximum absolute atomic E-state index is 15.0. The maximum Gasteiger partial charge on any atom is 0.238 e. The van der Waals surface area contributed by atoms with Crippen molar-refractivity contribution in [1.82, 2.24) is 0 Å². The number of anilines is 2. The third-order valence-electron chi connectivity index (χ3n) is 8.82. The molecule has 4 aromatic rings. The Labute approximate surface area is 243 Å². The monoisotopic (exact) mass is 556 g/mol. The van der Waals surface area contributed by atoms with Gasteiger partial charge in [-0.05, 0) is 41.5 Å². The molecule has 0 bridgehead atoms. The summed E-state index contributed by atoms with van der Waals surface area (Å²) in [6.07, 6.45) is 3.96. The van der Waals surface area contributed by atoms with Crippen molar-refractivity contribution in [1.29, 1.82) is 0 Å². The minimum absolute atomic E-state index is 0.224. The van der Waals surface area contributed by atoms with Gasteiger partial charge in [-0.15, -0.1) is 0 Å². The summed E-state index contributed by atoms with van der Waals surface area (Å²) in [7, 11) is 3.04. The molecule has 1 N–H and O–H groups in total. The lowest BCUT2D eigenvalue weighted by molar-refractivity contribution is -0.121. The van der Waals surface area contributed by atoms with Gasteiger partial charge >= 0.3 is 0 Å². The first-order chi connectivity index (χ1) is 20.5. The molecule has 4 aromatic carbocycles. The van der Waals surface area contributed by atoms with Crippen LogP contribution in [-0.2, 0) is 10.2 Å². The number of ether oxygens (including phenoxy) is 2. The Morgan fingerprint density at radius 3 is 2.29 bits per heavy atom. The van der Waals surface area contributed by atoms with Crippen molar-refractivity contribution in [3.8, 4) is 11.5 Å². The van der Waals surface area contributed by atoms with Crippen LogP contribution >= 0.6 is 0 Å². The Morgan fingerprint density at radius 2 is 1.50 bits per heavy atom. The third-order valence-corrected chi connectivity index (χ3v) is 8.82. The van der Waals surface area contributed by atoms with Crippen LogP contribution in [0, 0.1) is 5.92 Å². The molecule has 1 spiro atoms. The van der Waals surface area contributed by atoms with Crippen molar-refractivity contribution in [2.24, 2.45) is 5.92 Å². The second-order valence-corrected chi connectivity index (χ2v) is 10.7. The number of ketones is 2. The number of methoxy groups -OCH3 is 2. The maximum atomic E-state index is 15.0. The van der Waals surface area contributed by atoms with E-state index in [-0.39, 0.29) is 17.5 Å². The molecule has 0 radical (unpaired) electrons. The number of fused-ring (bicyclic) bond motifs is 6. The summed E-state index contributed by atoms with van der Waals surface area (Å²) in [6.45, 7) is 0. The fourth-order valence-electron chi connectivity index (χ4n) is 7.06. The lowest BCUT2D eigenvalue weighted by Crippen LogP contribution is -2.51. The van der Waals surface area contributed by atoms with E-state index in [1.807, 2.05) is 83.8 Å². The van der Waals surface area contributed by atoms with E-state index < -0.39 is 23.4 Å². The average molecular weight is 557 g/mol. The van der Waals surface area contributed by atoms with E-state index in [1.165, 1.54) is 14.2 Å². The molecule has 208 valence electrons. The molecule has 0 aromatic heterocycles. The van der Waals surface area contributed by atoms with Crippen LogP contribution in [0.25, 0.3) is 6.08 Å². The number of hydrogen-bond acceptors (Lipinski definition) is 6. The number of nitrogens with zero attached hydrogens (tertiary/aromatic N) is 1. The Bertz CT molecular complexity index is 1780. The summed E-state index contributed by atoms with van der Waals surface area (Å²) >= 11 is 0. The van der Waals surface area contributed by atoms with Crippen LogP contribution < -0.4 is 19.7 Å². The smallest absolute Gasteiger partial charge is 0.238 e.